The predicted molar refractivity (Wildman–Crippen MR) is 65.9 cm³/mol. The second-order valence-corrected chi connectivity index (χ2v) is 4.73. The molecule has 1 heterocycles. The normalized spacial score (nSPS) is 20.5. The van der Waals surface area contributed by atoms with Gasteiger partial charge in [-0.15, -0.1) is 0 Å². The zero-order valence-corrected chi connectivity index (χ0v) is 10.8. The monoisotopic (exact) mass is 244 g/mol. The van der Waals surface area contributed by atoms with Gasteiger partial charge in [-0.1, -0.05) is 13.8 Å². The summed E-state index contributed by atoms with van der Waals surface area (Å²) in [5.74, 6) is 0.665. The minimum Gasteiger partial charge on any atom is -0.376 e. The molecule has 1 saturated heterocycles. The summed E-state index contributed by atoms with van der Waals surface area (Å²) in [4.78, 5) is 11.4. The molecule has 0 bridgehead atoms. The Hall–Kier alpha value is -0.650. The van der Waals surface area contributed by atoms with Gasteiger partial charge in [-0.05, 0) is 12.3 Å². The summed E-state index contributed by atoms with van der Waals surface area (Å²) < 4.78 is 10.7. The topological polar surface area (TPSA) is 59.6 Å². The van der Waals surface area contributed by atoms with E-state index in [2.05, 4.69) is 24.5 Å². The standard InChI is InChI=1S/C12H24N2O3/c1-10(2)3-4-14-12(15)8-13-7-11-9-16-5-6-17-11/h10-11,13H,3-9H2,1-2H3,(H,14,15). The first-order valence-electron chi connectivity index (χ1n) is 6.35. The number of nitrogens with one attached hydrogen (secondary N) is 2. The van der Waals surface area contributed by atoms with Crippen LogP contribution in [-0.4, -0.2) is 51.5 Å². The predicted octanol–water partition coefficient (Wildman–Crippen LogP) is 0.154. The van der Waals surface area contributed by atoms with Crippen molar-refractivity contribution >= 4 is 5.91 Å². The van der Waals surface area contributed by atoms with Crippen LogP contribution >= 0.6 is 0 Å². The van der Waals surface area contributed by atoms with Gasteiger partial charge in [0, 0.05) is 13.1 Å². The number of ether oxygens (including phenoxy) is 2. The van der Waals surface area contributed by atoms with Crippen molar-refractivity contribution in [3.8, 4) is 0 Å². The number of amides is 1. The Morgan fingerprint density at radius 3 is 2.88 bits per heavy atom. The van der Waals surface area contributed by atoms with E-state index in [1.54, 1.807) is 0 Å². The third-order valence-electron chi connectivity index (χ3n) is 2.59. The van der Waals surface area contributed by atoms with Gasteiger partial charge < -0.3 is 20.1 Å². The molecule has 17 heavy (non-hydrogen) atoms. The molecule has 1 aliphatic rings. The lowest BCUT2D eigenvalue weighted by Gasteiger charge is -2.23. The molecule has 0 radical (unpaired) electrons. The van der Waals surface area contributed by atoms with Crippen LogP contribution in [0.5, 0.6) is 0 Å². The third kappa shape index (κ3) is 7.31. The number of carbonyl (C=O) groups excluding carboxylic acids is 1. The molecule has 0 aliphatic carbocycles. The number of rotatable bonds is 7. The van der Waals surface area contributed by atoms with Gasteiger partial charge in [0.2, 0.25) is 5.91 Å². The van der Waals surface area contributed by atoms with Gasteiger partial charge in [0.15, 0.2) is 0 Å². The van der Waals surface area contributed by atoms with Crippen LogP contribution in [0.2, 0.25) is 0 Å². The quantitative estimate of drug-likeness (QED) is 0.669. The summed E-state index contributed by atoms with van der Waals surface area (Å²) in [5.41, 5.74) is 0. The van der Waals surface area contributed by atoms with Crippen molar-refractivity contribution in [1.82, 2.24) is 10.6 Å². The van der Waals surface area contributed by atoms with E-state index in [0.29, 0.717) is 38.8 Å². The molecule has 0 saturated carbocycles. The minimum absolute atomic E-state index is 0.0439. The average Bonchev–Trinajstić information content (AvgIpc) is 2.30. The van der Waals surface area contributed by atoms with Gasteiger partial charge in [-0.25, -0.2) is 0 Å². The van der Waals surface area contributed by atoms with E-state index in [0.717, 1.165) is 13.0 Å². The Bertz CT molecular complexity index is 216. The molecule has 5 nitrogen and oxygen atoms in total. The maximum absolute atomic E-state index is 11.4. The van der Waals surface area contributed by atoms with Crippen molar-refractivity contribution in [2.45, 2.75) is 26.4 Å². The lowest BCUT2D eigenvalue weighted by molar-refractivity contribution is -0.120. The minimum atomic E-state index is 0.0439. The lowest BCUT2D eigenvalue weighted by atomic mass is 10.1. The van der Waals surface area contributed by atoms with Gasteiger partial charge >= 0.3 is 0 Å². The van der Waals surface area contributed by atoms with Gasteiger partial charge in [0.25, 0.3) is 0 Å². The molecule has 1 atom stereocenters. The van der Waals surface area contributed by atoms with Crippen molar-refractivity contribution in [2.24, 2.45) is 5.92 Å². The highest BCUT2D eigenvalue weighted by Crippen LogP contribution is 1.98. The summed E-state index contributed by atoms with van der Waals surface area (Å²) in [5, 5.41) is 5.95. The lowest BCUT2D eigenvalue weighted by Crippen LogP contribution is -2.41. The van der Waals surface area contributed by atoms with E-state index in [-0.39, 0.29) is 12.0 Å². The molecule has 100 valence electrons. The first-order chi connectivity index (χ1) is 8.18. The molecule has 1 aliphatic heterocycles. The van der Waals surface area contributed by atoms with Crippen LogP contribution in [0.3, 0.4) is 0 Å². The molecule has 0 aromatic heterocycles. The van der Waals surface area contributed by atoms with Crippen LogP contribution in [0.15, 0.2) is 0 Å². The molecule has 2 N–H and O–H groups in total. The van der Waals surface area contributed by atoms with Crippen LogP contribution in [-0.2, 0) is 14.3 Å². The molecule has 0 aromatic carbocycles. The number of carbonyl (C=O) groups is 1. The van der Waals surface area contributed by atoms with E-state index in [1.165, 1.54) is 0 Å². The van der Waals surface area contributed by atoms with Crippen LogP contribution in [0.25, 0.3) is 0 Å². The van der Waals surface area contributed by atoms with E-state index in [9.17, 15) is 4.79 Å². The smallest absolute Gasteiger partial charge is 0.233 e. The van der Waals surface area contributed by atoms with E-state index in [1.807, 2.05) is 0 Å². The fourth-order valence-electron chi connectivity index (χ4n) is 1.56. The maximum atomic E-state index is 11.4. The first-order valence-corrected chi connectivity index (χ1v) is 6.35. The molecule has 1 amide bonds. The third-order valence-corrected chi connectivity index (χ3v) is 2.59. The molecular weight excluding hydrogens is 220 g/mol. The molecular formula is C12H24N2O3. The first kappa shape index (κ1) is 14.4. The molecule has 0 aromatic rings. The van der Waals surface area contributed by atoms with Crippen molar-refractivity contribution in [3.63, 3.8) is 0 Å². The highest BCUT2D eigenvalue weighted by atomic mass is 16.6. The van der Waals surface area contributed by atoms with Crippen LogP contribution in [0, 0.1) is 5.92 Å². The Labute approximate surface area is 103 Å². The second-order valence-electron chi connectivity index (χ2n) is 4.73. The summed E-state index contributed by atoms with van der Waals surface area (Å²) in [6, 6.07) is 0. The Balaban J connectivity index is 1.95. The molecule has 0 spiro atoms. The largest absolute Gasteiger partial charge is 0.376 e. The average molecular weight is 244 g/mol. The Morgan fingerprint density at radius 2 is 2.24 bits per heavy atom. The fraction of sp³-hybridized carbons (Fsp3) is 0.917. The summed E-state index contributed by atoms with van der Waals surface area (Å²) >= 11 is 0. The van der Waals surface area contributed by atoms with Crippen LogP contribution in [0.1, 0.15) is 20.3 Å². The van der Waals surface area contributed by atoms with E-state index < -0.39 is 0 Å². The SMILES string of the molecule is CC(C)CCNC(=O)CNCC1COCCO1. The van der Waals surface area contributed by atoms with Crippen LogP contribution in [0.4, 0.5) is 0 Å². The van der Waals surface area contributed by atoms with Gasteiger partial charge in [0.1, 0.15) is 0 Å². The zero-order valence-electron chi connectivity index (χ0n) is 10.8. The maximum Gasteiger partial charge on any atom is 0.233 e. The summed E-state index contributed by atoms with van der Waals surface area (Å²) in [7, 11) is 0. The number of hydrogen-bond donors (Lipinski definition) is 2. The van der Waals surface area contributed by atoms with Crippen molar-refractivity contribution < 1.29 is 14.3 Å². The Kier molecular flexibility index (Phi) is 7.16. The van der Waals surface area contributed by atoms with Gasteiger partial charge in [-0.3, -0.25) is 4.79 Å². The highest BCUT2D eigenvalue weighted by molar-refractivity contribution is 5.77. The van der Waals surface area contributed by atoms with Crippen LogP contribution < -0.4 is 10.6 Å². The molecule has 1 fully saturated rings. The second kappa shape index (κ2) is 8.44. The van der Waals surface area contributed by atoms with Crippen molar-refractivity contribution in [1.29, 1.82) is 0 Å². The molecule has 5 heteroatoms. The van der Waals surface area contributed by atoms with Gasteiger partial charge in [0.05, 0.1) is 32.5 Å². The van der Waals surface area contributed by atoms with E-state index in [4.69, 9.17) is 9.47 Å². The highest BCUT2D eigenvalue weighted by Gasteiger charge is 2.13. The van der Waals surface area contributed by atoms with Crippen molar-refractivity contribution in [3.05, 3.63) is 0 Å². The zero-order chi connectivity index (χ0) is 12.5. The molecule has 1 unspecified atom stereocenters. The molecule has 1 rings (SSSR count). The number of hydrogen-bond acceptors (Lipinski definition) is 4. The van der Waals surface area contributed by atoms with Crippen molar-refractivity contribution in [2.75, 3.05) is 39.5 Å². The summed E-state index contributed by atoms with van der Waals surface area (Å²) in [6.45, 7) is 7.98. The Morgan fingerprint density at radius 1 is 1.41 bits per heavy atom. The van der Waals surface area contributed by atoms with E-state index >= 15 is 0 Å². The fourth-order valence-corrected chi connectivity index (χ4v) is 1.56. The summed E-state index contributed by atoms with van der Waals surface area (Å²) in [6.07, 6.45) is 1.10. The van der Waals surface area contributed by atoms with Gasteiger partial charge in [-0.2, -0.15) is 0 Å².